The van der Waals surface area contributed by atoms with Crippen LogP contribution in [0.5, 0.6) is 11.5 Å². The van der Waals surface area contributed by atoms with Gasteiger partial charge in [-0.05, 0) is 5.56 Å². The standard InChI is InChI=1S/C22H16O4/c23-16-12-18(24)20-19(13-16)26-22(15-9-5-2-6-10-15)17(21(20)25)11-14-7-3-1-4-8-14/h1-10,12-13,23-24H,11H2. The molecule has 1 heterocycles. The van der Waals surface area contributed by atoms with Gasteiger partial charge < -0.3 is 14.6 Å². The zero-order valence-electron chi connectivity index (χ0n) is 13.8. The first-order valence-corrected chi connectivity index (χ1v) is 8.24. The van der Waals surface area contributed by atoms with Gasteiger partial charge in [-0.15, -0.1) is 0 Å². The van der Waals surface area contributed by atoms with Crippen LogP contribution in [0.1, 0.15) is 11.1 Å². The first-order chi connectivity index (χ1) is 12.6. The quantitative estimate of drug-likeness (QED) is 0.575. The Morgan fingerprint density at radius 1 is 0.846 bits per heavy atom. The Bertz CT molecular complexity index is 1130. The topological polar surface area (TPSA) is 70.7 Å². The summed E-state index contributed by atoms with van der Waals surface area (Å²) < 4.78 is 5.97. The lowest BCUT2D eigenvalue weighted by Crippen LogP contribution is -2.12. The van der Waals surface area contributed by atoms with E-state index >= 15 is 0 Å². The van der Waals surface area contributed by atoms with E-state index in [9.17, 15) is 15.0 Å². The summed E-state index contributed by atoms with van der Waals surface area (Å²) in [6.45, 7) is 0. The van der Waals surface area contributed by atoms with Crippen molar-refractivity contribution in [3.8, 4) is 22.8 Å². The van der Waals surface area contributed by atoms with Crippen LogP contribution in [0, 0.1) is 0 Å². The molecule has 0 aliphatic rings. The van der Waals surface area contributed by atoms with Crippen LogP contribution in [0.15, 0.2) is 82.0 Å². The predicted octanol–water partition coefficient (Wildman–Crippen LogP) is 4.46. The molecule has 0 saturated heterocycles. The van der Waals surface area contributed by atoms with E-state index in [4.69, 9.17) is 4.42 Å². The molecule has 2 N–H and O–H groups in total. The average molecular weight is 344 g/mol. The van der Waals surface area contributed by atoms with E-state index in [1.165, 1.54) is 6.07 Å². The van der Waals surface area contributed by atoms with Crippen LogP contribution in [0.25, 0.3) is 22.3 Å². The van der Waals surface area contributed by atoms with Crippen LogP contribution >= 0.6 is 0 Å². The number of hydrogen-bond donors (Lipinski definition) is 2. The smallest absolute Gasteiger partial charge is 0.200 e. The highest BCUT2D eigenvalue weighted by molar-refractivity contribution is 5.87. The Morgan fingerprint density at radius 3 is 2.19 bits per heavy atom. The van der Waals surface area contributed by atoms with Crippen LogP contribution < -0.4 is 5.43 Å². The summed E-state index contributed by atoms with van der Waals surface area (Å²) in [4.78, 5) is 13.2. The van der Waals surface area contributed by atoms with E-state index in [0.29, 0.717) is 17.7 Å². The van der Waals surface area contributed by atoms with Gasteiger partial charge in [0.15, 0.2) is 0 Å². The Balaban J connectivity index is 2.03. The Morgan fingerprint density at radius 2 is 1.50 bits per heavy atom. The normalized spacial score (nSPS) is 10.9. The third kappa shape index (κ3) is 2.82. The highest BCUT2D eigenvalue weighted by Gasteiger charge is 2.19. The Labute approximate surface area is 149 Å². The van der Waals surface area contributed by atoms with E-state index in [1.807, 2.05) is 60.7 Å². The summed E-state index contributed by atoms with van der Waals surface area (Å²) in [6, 6.07) is 21.5. The molecule has 0 fully saturated rings. The molecule has 0 bridgehead atoms. The summed E-state index contributed by atoms with van der Waals surface area (Å²) in [5, 5.41) is 20.0. The highest BCUT2D eigenvalue weighted by Crippen LogP contribution is 2.33. The van der Waals surface area contributed by atoms with Crippen molar-refractivity contribution in [3.05, 3.63) is 94.1 Å². The molecule has 4 aromatic rings. The van der Waals surface area contributed by atoms with Crippen LogP contribution in [-0.2, 0) is 6.42 Å². The van der Waals surface area contributed by atoms with E-state index in [1.54, 1.807) is 0 Å². The molecule has 4 heteroatoms. The van der Waals surface area contributed by atoms with Crippen molar-refractivity contribution in [1.82, 2.24) is 0 Å². The number of phenolic OH excluding ortho intramolecular Hbond substituents is 2. The van der Waals surface area contributed by atoms with Crippen molar-refractivity contribution in [2.24, 2.45) is 0 Å². The zero-order chi connectivity index (χ0) is 18.1. The van der Waals surface area contributed by atoms with Crippen molar-refractivity contribution in [3.63, 3.8) is 0 Å². The molecule has 4 rings (SSSR count). The lowest BCUT2D eigenvalue weighted by Gasteiger charge is -2.11. The molecule has 0 aliphatic carbocycles. The molecule has 0 unspecified atom stereocenters. The van der Waals surface area contributed by atoms with Gasteiger partial charge in [0.05, 0.1) is 0 Å². The van der Waals surface area contributed by atoms with Gasteiger partial charge in [0, 0.05) is 29.7 Å². The van der Waals surface area contributed by atoms with E-state index in [-0.39, 0.29) is 27.9 Å². The SMILES string of the molecule is O=c1c(Cc2ccccc2)c(-c2ccccc2)oc2cc(O)cc(O)c12. The highest BCUT2D eigenvalue weighted by atomic mass is 16.3. The Kier molecular flexibility index (Phi) is 3.93. The minimum atomic E-state index is -0.300. The zero-order valence-corrected chi connectivity index (χ0v) is 13.8. The fourth-order valence-corrected chi connectivity index (χ4v) is 3.10. The molecule has 0 radical (unpaired) electrons. The maximum absolute atomic E-state index is 13.2. The molecular formula is C22H16O4. The van der Waals surface area contributed by atoms with Gasteiger partial charge in [-0.25, -0.2) is 0 Å². The van der Waals surface area contributed by atoms with Gasteiger partial charge in [0.25, 0.3) is 0 Å². The number of phenols is 2. The Hall–Kier alpha value is -3.53. The van der Waals surface area contributed by atoms with Crippen molar-refractivity contribution in [2.45, 2.75) is 6.42 Å². The van der Waals surface area contributed by atoms with Crippen molar-refractivity contribution in [1.29, 1.82) is 0 Å². The number of rotatable bonds is 3. The van der Waals surface area contributed by atoms with E-state index < -0.39 is 0 Å². The maximum atomic E-state index is 13.2. The summed E-state index contributed by atoms with van der Waals surface area (Å²) in [7, 11) is 0. The second-order valence-corrected chi connectivity index (χ2v) is 6.11. The third-order valence-corrected chi connectivity index (χ3v) is 4.31. The van der Waals surface area contributed by atoms with Crippen LogP contribution in [0.4, 0.5) is 0 Å². The second kappa shape index (κ2) is 6.41. The number of fused-ring (bicyclic) bond motifs is 1. The van der Waals surface area contributed by atoms with Crippen molar-refractivity contribution in [2.75, 3.05) is 0 Å². The van der Waals surface area contributed by atoms with E-state index in [0.717, 1.165) is 17.2 Å². The molecule has 1 aromatic heterocycles. The van der Waals surface area contributed by atoms with Gasteiger partial charge in [0.1, 0.15) is 28.2 Å². The first-order valence-electron chi connectivity index (χ1n) is 8.24. The molecule has 26 heavy (non-hydrogen) atoms. The minimum Gasteiger partial charge on any atom is -0.508 e. The summed E-state index contributed by atoms with van der Waals surface area (Å²) >= 11 is 0. The summed E-state index contributed by atoms with van der Waals surface area (Å²) in [6.07, 6.45) is 0.379. The molecule has 128 valence electrons. The van der Waals surface area contributed by atoms with Gasteiger partial charge in [0.2, 0.25) is 5.43 Å². The molecule has 3 aromatic carbocycles. The molecule has 0 spiro atoms. The lowest BCUT2D eigenvalue weighted by atomic mass is 9.98. The molecule has 0 atom stereocenters. The summed E-state index contributed by atoms with van der Waals surface area (Å²) in [5.41, 5.74) is 2.06. The van der Waals surface area contributed by atoms with Gasteiger partial charge in [-0.1, -0.05) is 60.7 Å². The average Bonchev–Trinajstić information content (AvgIpc) is 2.65. The fourth-order valence-electron chi connectivity index (χ4n) is 3.10. The van der Waals surface area contributed by atoms with Crippen molar-refractivity contribution >= 4 is 11.0 Å². The number of hydrogen-bond acceptors (Lipinski definition) is 4. The predicted molar refractivity (Wildman–Crippen MR) is 100 cm³/mol. The molecule has 0 aliphatic heterocycles. The molecule has 4 nitrogen and oxygen atoms in total. The third-order valence-electron chi connectivity index (χ3n) is 4.31. The minimum absolute atomic E-state index is 0.0772. The monoisotopic (exact) mass is 344 g/mol. The maximum Gasteiger partial charge on any atom is 0.200 e. The first kappa shape index (κ1) is 16.0. The molecule has 0 saturated carbocycles. The fraction of sp³-hybridized carbons (Fsp3) is 0.0455. The van der Waals surface area contributed by atoms with Crippen molar-refractivity contribution < 1.29 is 14.6 Å². The van der Waals surface area contributed by atoms with Crippen LogP contribution in [0.2, 0.25) is 0 Å². The van der Waals surface area contributed by atoms with Crippen LogP contribution in [-0.4, -0.2) is 10.2 Å². The molecule has 0 amide bonds. The van der Waals surface area contributed by atoms with Gasteiger partial charge >= 0.3 is 0 Å². The van der Waals surface area contributed by atoms with Crippen LogP contribution in [0.3, 0.4) is 0 Å². The largest absolute Gasteiger partial charge is 0.508 e. The van der Waals surface area contributed by atoms with Gasteiger partial charge in [-0.2, -0.15) is 0 Å². The number of aromatic hydroxyl groups is 2. The molecular weight excluding hydrogens is 328 g/mol. The lowest BCUT2D eigenvalue weighted by molar-refractivity contribution is 0.452. The van der Waals surface area contributed by atoms with Gasteiger partial charge in [-0.3, -0.25) is 4.79 Å². The summed E-state index contributed by atoms with van der Waals surface area (Å²) in [5.74, 6) is -0.00685. The number of benzene rings is 3. The second-order valence-electron chi connectivity index (χ2n) is 6.11. The van der Waals surface area contributed by atoms with E-state index in [2.05, 4.69) is 0 Å².